The lowest BCUT2D eigenvalue weighted by Gasteiger charge is -2.07. The Labute approximate surface area is 92.4 Å². The van der Waals surface area contributed by atoms with Crippen LogP contribution in [-0.2, 0) is 19.4 Å². The van der Waals surface area contributed by atoms with E-state index in [1.807, 2.05) is 0 Å². The summed E-state index contributed by atoms with van der Waals surface area (Å²) < 4.78 is 0. The van der Waals surface area contributed by atoms with E-state index >= 15 is 0 Å². The molecule has 0 aliphatic carbocycles. The summed E-state index contributed by atoms with van der Waals surface area (Å²) >= 11 is 11.0. The molecule has 0 aliphatic heterocycles. The van der Waals surface area contributed by atoms with Crippen LogP contribution in [0.25, 0.3) is 0 Å². The Balaban J connectivity index is 3.83. The summed E-state index contributed by atoms with van der Waals surface area (Å²) in [7, 11) is 0. The zero-order valence-corrected chi connectivity index (χ0v) is 9.47. The number of hydrogen-bond donors (Lipinski definition) is 0. The summed E-state index contributed by atoms with van der Waals surface area (Å²) in [6.45, 7) is 3.41. The molecule has 0 saturated carbocycles. The van der Waals surface area contributed by atoms with E-state index in [9.17, 15) is 9.59 Å². The first kappa shape index (κ1) is 13.5. The van der Waals surface area contributed by atoms with E-state index in [0.717, 1.165) is 0 Å². The van der Waals surface area contributed by atoms with Gasteiger partial charge in [0.25, 0.3) is 0 Å². The van der Waals surface area contributed by atoms with Gasteiger partial charge in [0.15, 0.2) is 0 Å². The van der Waals surface area contributed by atoms with Crippen molar-refractivity contribution in [2.75, 3.05) is 0 Å². The summed E-state index contributed by atoms with van der Waals surface area (Å²) in [5, 5.41) is -1.61. The fourth-order valence-electron chi connectivity index (χ4n) is 0.520. The van der Waals surface area contributed by atoms with Crippen LogP contribution in [0.5, 0.6) is 0 Å². The number of carbonyl (C=O) groups excluding carboxylic acids is 2. The van der Waals surface area contributed by atoms with E-state index in [0.29, 0.717) is 12.8 Å². The molecule has 14 heavy (non-hydrogen) atoms. The average molecular weight is 243 g/mol. The molecular weight excluding hydrogens is 231 g/mol. The number of rotatable bonds is 4. The van der Waals surface area contributed by atoms with Crippen LogP contribution in [0.2, 0.25) is 0 Å². The maximum absolute atomic E-state index is 10.9. The molecule has 0 aromatic carbocycles. The van der Waals surface area contributed by atoms with Crippen molar-refractivity contribution in [3.05, 3.63) is 0 Å². The minimum absolute atomic E-state index is 0.399. The average Bonchev–Trinajstić information content (AvgIpc) is 2.22. The molecule has 0 radical (unpaired) electrons. The smallest absolute Gasteiger partial charge is 0.246 e. The number of carbonyl (C=O) groups is 2. The van der Waals surface area contributed by atoms with Crippen LogP contribution in [-0.4, -0.2) is 22.7 Å². The Morgan fingerprint density at radius 2 is 1.29 bits per heavy atom. The molecule has 2 atom stereocenters. The molecule has 2 unspecified atom stereocenters. The number of alkyl halides is 2. The molecule has 0 aromatic heterocycles. The molecule has 0 bridgehead atoms. The molecule has 0 aromatic rings. The van der Waals surface area contributed by atoms with Gasteiger partial charge in [0.05, 0.1) is 0 Å². The lowest BCUT2D eigenvalue weighted by molar-refractivity contribution is -0.258. The lowest BCUT2D eigenvalue weighted by atomic mass is 10.3. The summed E-state index contributed by atoms with van der Waals surface area (Å²) in [6.07, 6.45) is 0.798. The first-order valence-corrected chi connectivity index (χ1v) is 5.10. The molecule has 6 heteroatoms. The minimum atomic E-state index is -0.807. The fourth-order valence-corrected chi connectivity index (χ4v) is 0.593. The largest absolute Gasteiger partial charge is 0.373 e. The predicted molar refractivity (Wildman–Crippen MR) is 52.0 cm³/mol. The van der Waals surface area contributed by atoms with Crippen LogP contribution in [0.15, 0.2) is 0 Å². The molecule has 0 N–H and O–H groups in total. The molecule has 0 fully saturated rings. The van der Waals surface area contributed by atoms with Crippen molar-refractivity contribution in [3.63, 3.8) is 0 Å². The molecule has 0 saturated heterocycles. The van der Waals surface area contributed by atoms with Gasteiger partial charge in [-0.25, -0.2) is 19.4 Å². The zero-order chi connectivity index (χ0) is 11.1. The maximum atomic E-state index is 10.9. The quantitative estimate of drug-likeness (QED) is 0.430. The van der Waals surface area contributed by atoms with Gasteiger partial charge in [-0.3, -0.25) is 0 Å². The number of hydrogen-bond acceptors (Lipinski definition) is 4. The second-order valence-corrected chi connectivity index (χ2v) is 3.61. The first-order chi connectivity index (χ1) is 6.52. The molecule has 82 valence electrons. The minimum Gasteiger partial charge on any atom is -0.246 e. The fraction of sp³-hybridized carbons (Fsp3) is 0.750. The van der Waals surface area contributed by atoms with E-state index in [4.69, 9.17) is 23.2 Å². The third-order valence-electron chi connectivity index (χ3n) is 1.43. The molecule has 0 spiro atoms. The highest BCUT2D eigenvalue weighted by Crippen LogP contribution is 2.07. The van der Waals surface area contributed by atoms with Gasteiger partial charge in [-0.15, -0.1) is 23.2 Å². The number of halogens is 2. The summed E-state index contributed by atoms with van der Waals surface area (Å²) in [4.78, 5) is 30.2. The van der Waals surface area contributed by atoms with Crippen LogP contribution < -0.4 is 0 Å². The van der Waals surface area contributed by atoms with Crippen molar-refractivity contribution >= 4 is 35.1 Å². The molecule has 4 nitrogen and oxygen atoms in total. The second kappa shape index (κ2) is 6.90. The van der Waals surface area contributed by atoms with Crippen molar-refractivity contribution in [1.82, 2.24) is 0 Å². The van der Waals surface area contributed by atoms with Gasteiger partial charge in [-0.2, -0.15) is 0 Å². The van der Waals surface area contributed by atoms with Crippen molar-refractivity contribution in [2.24, 2.45) is 0 Å². The van der Waals surface area contributed by atoms with Crippen LogP contribution in [0.4, 0.5) is 0 Å². The molecule has 0 amide bonds. The molecule has 0 rings (SSSR count). The maximum Gasteiger partial charge on any atom is 0.373 e. The predicted octanol–water partition coefficient (Wildman–Crippen LogP) is 2.02. The monoisotopic (exact) mass is 242 g/mol. The Bertz CT molecular complexity index is 186. The highest BCUT2D eigenvalue weighted by molar-refractivity contribution is 6.30. The Kier molecular flexibility index (Phi) is 6.66. The summed E-state index contributed by atoms with van der Waals surface area (Å²) in [6, 6.07) is 0. The van der Waals surface area contributed by atoms with Gasteiger partial charge in [0.1, 0.15) is 10.8 Å². The van der Waals surface area contributed by atoms with Crippen LogP contribution in [0.1, 0.15) is 26.7 Å². The van der Waals surface area contributed by atoms with Gasteiger partial charge in [-0.1, -0.05) is 13.8 Å². The standard InChI is InChI=1S/C8H12Cl2O4/c1-3-5(9)7(11)13-14-8(12)6(10)4-2/h5-6H,3-4H2,1-2H3. The SMILES string of the molecule is CCC(Cl)C(=O)OOC(=O)C(Cl)CC. The van der Waals surface area contributed by atoms with Crippen LogP contribution in [0, 0.1) is 0 Å². The van der Waals surface area contributed by atoms with Crippen molar-refractivity contribution in [3.8, 4) is 0 Å². The van der Waals surface area contributed by atoms with E-state index in [1.165, 1.54) is 0 Å². The van der Waals surface area contributed by atoms with Crippen molar-refractivity contribution in [1.29, 1.82) is 0 Å². The van der Waals surface area contributed by atoms with Gasteiger partial charge < -0.3 is 0 Å². The second-order valence-electron chi connectivity index (χ2n) is 2.56. The normalized spacial score (nSPS) is 14.3. The molecule has 0 heterocycles. The van der Waals surface area contributed by atoms with E-state index in [-0.39, 0.29) is 0 Å². The zero-order valence-electron chi connectivity index (χ0n) is 7.96. The van der Waals surface area contributed by atoms with Gasteiger partial charge in [-0.05, 0) is 12.8 Å². The van der Waals surface area contributed by atoms with Crippen LogP contribution >= 0.6 is 23.2 Å². The third kappa shape index (κ3) is 4.67. The van der Waals surface area contributed by atoms with Crippen LogP contribution in [0.3, 0.4) is 0 Å². The van der Waals surface area contributed by atoms with Gasteiger partial charge >= 0.3 is 11.9 Å². The Hall–Kier alpha value is -0.480. The molecular formula is C8H12Cl2O4. The lowest BCUT2D eigenvalue weighted by Crippen LogP contribution is -2.23. The Morgan fingerprint density at radius 1 is 1.00 bits per heavy atom. The Morgan fingerprint density at radius 3 is 1.50 bits per heavy atom. The van der Waals surface area contributed by atoms with Crippen molar-refractivity contribution in [2.45, 2.75) is 37.4 Å². The van der Waals surface area contributed by atoms with E-state index < -0.39 is 22.7 Å². The van der Waals surface area contributed by atoms with Gasteiger partial charge in [0, 0.05) is 0 Å². The van der Waals surface area contributed by atoms with E-state index in [1.54, 1.807) is 13.8 Å². The topological polar surface area (TPSA) is 52.6 Å². The summed E-state index contributed by atoms with van der Waals surface area (Å²) in [5.74, 6) is -1.58. The molecule has 0 aliphatic rings. The highest BCUT2D eigenvalue weighted by atomic mass is 35.5. The van der Waals surface area contributed by atoms with Crippen molar-refractivity contribution < 1.29 is 19.4 Å². The third-order valence-corrected chi connectivity index (χ3v) is 2.41. The summed E-state index contributed by atoms with van der Waals surface area (Å²) in [5.41, 5.74) is 0. The van der Waals surface area contributed by atoms with Gasteiger partial charge in [0.2, 0.25) is 0 Å². The highest BCUT2D eigenvalue weighted by Gasteiger charge is 2.21. The van der Waals surface area contributed by atoms with E-state index in [2.05, 4.69) is 9.78 Å². The first-order valence-electron chi connectivity index (χ1n) is 4.23.